The van der Waals surface area contributed by atoms with E-state index in [9.17, 15) is 14.7 Å². The maximum Gasteiger partial charge on any atom is 0.220 e. The van der Waals surface area contributed by atoms with Gasteiger partial charge in [0.2, 0.25) is 5.91 Å². The molecule has 0 saturated heterocycles. The van der Waals surface area contributed by atoms with E-state index in [1.807, 2.05) is 0 Å². The zero-order chi connectivity index (χ0) is 11.3. The highest BCUT2D eigenvalue weighted by molar-refractivity contribution is 5.90. The molecular weight excluding hydrogens is 182 g/mol. The molecule has 4 nitrogen and oxygen atoms in total. The van der Waals surface area contributed by atoms with Crippen molar-refractivity contribution in [3.05, 3.63) is 0 Å². The first-order valence-corrected chi connectivity index (χ1v) is 4.91. The van der Waals surface area contributed by atoms with Crippen LogP contribution in [0.1, 0.15) is 34.1 Å². The summed E-state index contributed by atoms with van der Waals surface area (Å²) in [7, 11) is 0. The highest BCUT2D eigenvalue weighted by Gasteiger charge is 2.26. The molecule has 0 aliphatic rings. The summed E-state index contributed by atoms with van der Waals surface area (Å²) < 4.78 is 0. The lowest BCUT2D eigenvalue weighted by Crippen LogP contribution is -2.49. The van der Waals surface area contributed by atoms with Gasteiger partial charge in [-0.05, 0) is 6.92 Å². The van der Waals surface area contributed by atoms with Crippen LogP contribution in [0.15, 0.2) is 0 Å². The molecule has 0 spiro atoms. The van der Waals surface area contributed by atoms with Gasteiger partial charge in [0, 0.05) is 12.3 Å². The minimum absolute atomic E-state index is 0.137. The number of Topliss-reactive ketones (excluding diaryl/α,β-unsaturated/α-hetero) is 1. The molecule has 0 saturated carbocycles. The van der Waals surface area contributed by atoms with Gasteiger partial charge in [0.05, 0.1) is 6.10 Å². The molecular formula is C10H19NO3. The van der Waals surface area contributed by atoms with Crippen LogP contribution in [-0.2, 0) is 9.59 Å². The number of nitrogens with one attached hydrogen (secondary N) is 1. The summed E-state index contributed by atoms with van der Waals surface area (Å²) in [6.07, 6.45) is -0.533. The van der Waals surface area contributed by atoms with Crippen LogP contribution >= 0.6 is 0 Å². The smallest absolute Gasteiger partial charge is 0.220 e. The summed E-state index contributed by atoms with van der Waals surface area (Å²) in [6.45, 7) is 6.70. The molecule has 14 heavy (non-hydrogen) atoms. The molecule has 0 bridgehead atoms. The van der Waals surface area contributed by atoms with Gasteiger partial charge in [0.25, 0.3) is 0 Å². The summed E-state index contributed by atoms with van der Waals surface area (Å²) in [4.78, 5) is 22.6. The molecule has 4 heteroatoms. The third kappa shape index (κ3) is 3.87. The third-order valence-corrected chi connectivity index (χ3v) is 2.00. The van der Waals surface area contributed by atoms with Gasteiger partial charge in [0.15, 0.2) is 5.78 Å². The van der Waals surface area contributed by atoms with Gasteiger partial charge < -0.3 is 10.4 Å². The molecule has 0 aromatic heterocycles. The molecule has 82 valence electrons. The van der Waals surface area contributed by atoms with Crippen LogP contribution in [0.5, 0.6) is 0 Å². The van der Waals surface area contributed by atoms with Crippen LogP contribution in [0.2, 0.25) is 0 Å². The molecule has 0 rings (SSSR count). The van der Waals surface area contributed by atoms with Gasteiger partial charge in [-0.25, -0.2) is 0 Å². The largest absolute Gasteiger partial charge is 0.391 e. The maximum absolute atomic E-state index is 11.6. The van der Waals surface area contributed by atoms with Gasteiger partial charge in [-0.2, -0.15) is 0 Å². The molecule has 0 aliphatic carbocycles. The van der Waals surface area contributed by atoms with E-state index in [0.717, 1.165) is 0 Å². The van der Waals surface area contributed by atoms with E-state index in [2.05, 4.69) is 5.32 Å². The van der Waals surface area contributed by atoms with Crippen molar-refractivity contribution in [3.63, 3.8) is 0 Å². The van der Waals surface area contributed by atoms with Crippen LogP contribution in [0, 0.1) is 5.92 Å². The standard InChI is InChI=1S/C10H19NO3/c1-5-8(13)11-9(7(4)12)10(14)6(2)3/h6-7,9,12H,5H2,1-4H3,(H,11,13)/t7-,9-/m1/s1. The molecule has 0 radical (unpaired) electrons. The topological polar surface area (TPSA) is 66.4 Å². The lowest BCUT2D eigenvalue weighted by molar-refractivity contribution is -0.131. The summed E-state index contributed by atoms with van der Waals surface area (Å²) in [5, 5.41) is 11.8. The van der Waals surface area contributed by atoms with E-state index in [0.29, 0.717) is 6.42 Å². The number of aliphatic hydroxyl groups is 1. The highest BCUT2D eigenvalue weighted by atomic mass is 16.3. The van der Waals surface area contributed by atoms with Crippen LogP contribution in [-0.4, -0.2) is 28.9 Å². The fourth-order valence-electron chi connectivity index (χ4n) is 1.06. The predicted molar refractivity (Wildman–Crippen MR) is 53.7 cm³/mol. The average Bonchev–Trinajstić information content (AvgIpc) is 2.11. The molecule has 0 heterocycles. The molecule has 0 unspecified atom stereocenters. The van der Waals surface area contributed by atoms with Crippen LogP contribution in [0.25, 0.3) is 0 Å². The first-order chi connectivity index (χ1) is 6.40. The Hall–Kier alpha value is -0.900. The number of hydrogen-bond acceptors (Lipinski definition) is 3. The van der Waals surface area contributed by atoms with Crippen molar-refractivity contribution in [3.8, 4) is 0 Å². The molecule has 1 amide bonds. The van der Waals surface area contributed by atoms with E-state index in [1.165, 1.54) is 6.92 Å². The van der Waals surface area contributed by atoms with Gasteiger partial charge in [-0.15, -0.1) is 0 Å². The fourth-order valence-corrected chi connectivity index (χ4v) is 1.06. The Morgan fingerprint density at radius 2 is 1.79 bits per heavy atom. The summed E-state index contributed by atoms with van der Waals surface area (Å²) in [5.74, 6) is -0.543. The second-order valence-corrected chi connectivity index (χ2v) is 3.70. The van der Waals surface area contributed by atoms with Crippen LogP contribution in [0.3, 0.4) is 0 Å². The lowest BCUT2D eigenvalue weighted by atomic mass is 9.98. The Morgan fingerprint density at radius 3 is 2.07 bits per heavy atom. The van der Waals surface area contributed by atoms with Gasteiger partial charge in [0.1, 0.15) is 6.04 Å². The van der Waals surface area contributed by atoms with E-state index in [-0.39, 0.29) is 17.6 Å². The summed E-state index contributed by atoms with van der Waals surface area (Å²) >= 11 is 0. The van der Waals surface area contributed by atoms with Crippen molar-refractivity contribution in [1.29, 1.82) is 0 Å². The van der Waals surface area contributed by atoms with E-state index < -0.39 is 12.1 Å². The Bertz CT molecular complexity index is 211. The molecule has 0 fully saturated rings. The number of hydrogen-bond donors (Lipinski definition) is 2. The van der Waals surface area contributed by atoms with Gasteiger partial charge >= 0.3 is 0 Å². The Kier molecular flexibility index (Phi) is 5.38. The van der Waals surface area contributed by atoms with Crippen molar-refractivity contribution in [2.75, 3.05) is 0 Å². The van der Waals surface area contributed by atoms with E-state index in [4.69, 9.17) is 0 Å². The normalized spacial score (nSPS) is 15.0. The zero-order valence-corrected chi connectivity index (χ0v) is 9.20. The third-order valence-electron chi connectivity index (χ3n) is 2.00. The van der Waals surface area contributed by atoms with Crippen molar-refractivity contribution >= 4 is 11.7 Å². The summed E-state index contributed by atoms with van der Waals surface area (Å²) in [5.41, 5.74) is 0. The number of carbonyl (C=O) groups excluding carboxylic acids is 2. The molecule has 0 aromatic rings. The summed E-state index contributed by atoms with van der Waals surface area (Å²) in [6, 6.07) is -0.776. The second kappa shape index (κ2) is 5.75. The quantitative estimate of drug-likeness (QED) is 0.680. The van der Waals surface area contributed by atoms with Crippen molar-refractivity contribution in [2.45, 2.75) is 46.3 Å². The zero-order valence-electron chi connectivity index (χ0n) is 9.20. The SMILES string of the molecule is CCC(=O)N[C@@H](C(=O)C(C)C)[C@@H](C)O. The Morgan fingerprint density at radius 1 is 1.29 bits per heavy atom. The molecule has 0 aromatic carbocycles. The fraction of sp³-hybridized carbons (Fsp3) is 0.800. The van der Waals surface area contributed by atoms with Crippen molar-refractivity contribution in [1.82, 2.24) is 5.32 Å². The minimum atomic E-state index is -0.847. The predicted octanol–water partition coefficient (Wildman–Crippen LogP) is 0.487. The first kappa shape index (κ1) is 13.1. The van der Waals surface area contributed by atoms with Crippen molar-refractivity contribution in [2.24, 2.45) is 5.92 Å². The van der Waals surface area contributed by atoms with Gasteiger partial charge in [-0.1, -0.05) is 20.8 Å². The number of carbonyl (C=O) groups is 2. The Balaban J connectivity index is 4.45. The average molecular weight is 201 g/mol. The van der Waals surface area contributed by atoms with E-state index >= 15 is 0 Å². The number of ketones is 1. The number of aliphatic hydroxyl groups excluding tert-OH is 1. The molecule has 0 aliphatic heterocycles. The molecule has 2 atom stereocenters. The van der Waals surface area contributed by atoms with E-state index in [1.54, 1.807) is 20.8 Å². The maximum atomic E-state index is 11.6. The Labute approximate surface area is 84.7 Å². The monoisotopic (exact) mass is 201 g/mol. The second-order valence-electron chi connectivity index (χ2n) is 3.70. The van der Waals surface area contributed by atoms with Gasteiger partial charge in [-0.3, -0.25) is 9.59 Å². The van der Waals surface area contributed by atoms with Crippen molar-refractivity contribution < 1.29 is 14.7 Å². The van der Waals surface area contributed by atoms with Crippen LogP contribution < -0.4 is 5.32 Å². The minimum Gasteiger partial charge on any atom is -0.391 e. The highest BCUT2D eigenvalue weighted by Crippen LogP contribution is 2.04. The number of rotatable bonds is 5. The first-order valence-electron chi connectivity index (χ1n) is 4.91. The number of amides is 1. The molecule has 2 N–H and O–H groups in total. The lowest BCUT2D eigenvalue weighted by Gasteiger charge is -2.21. The van der Waals surface area contributed by atoms with Crippen LogP contribution in [0.4, 0.5) is 0 Å².